The molecule has 0 bridgehead atoms. The Morgan fingerprint density at radius 1 is 0.944 bits per heavy atom. The zero-order valence-corrected chi connectivity index (χ0v) is 19.0. The van der Waals surface area contributed by atoms with E-state index in [4.69, 9.17) is 10.7 Å². The first-order chi connectivity index (χ1) is 17.6. The van der Waals surface area contributed by atoms with Crippen LogP contribution in [-0.4, -0.2) is 54.2 Å². The molecule has 0 aliphatic carbocycles. The maximum absolute atomic E-state index is 13.5. The van der Waals surface area contributed by atoms with Crippen molar-refractivity contribution in [3.05, 3.63) is 73.1 Å². The van der Waals surface area contributed by atoms with Crippen molar-refractivity contribution in [1.29, 1.82) is 0 Å². The Morgan fingerprint density at radius 3 is 2.64 bits per heavy atom. The fourth-order valence-corrected chi connectivity index (χ4v) is 4.63. The highest BCUT2D eigenvalue weighted by atomic mass is 19.1. The Labute approximate surface area is 204 Å². The number of H-pyrrole nitrogens is 2. The van der Waals surface area contributed by atoms with Gasteiger partial charge in [0, 0.05) is 36.1 Å². The Kier molecular flexibility index (Phi) is 4.55. The van der Waals surface area contributed by atoms with Crippen LogP contribution in [0.4, 0.5) is 10.2 Å². The number of benzene rings is 1. The lowest BCUT2D eigenvalue weighted by Gasteiger charge is -2.37. The molecular weight excluding hydrogens is 457 g/mol. The lowest BCUT2D eigenvalue weighted by Crippen LogP contribution is -2.56. The average Bonchev–Trinajstić information content (AvgIpc) is 3.51. The van der Waals surface area contributed by atoms with Crippen molar-refractivity contribution in [2.45, 2.75) is 6.04 Å². The number of halogens is 1. The van der Waals surface area contributed by atoms with Gasteiger partial charge in [0.15, 0.2) is 0 Å². The van der Waals surface area contributed by atoms with Gasteiger partial charge in [-0.05, 0) is 41.5 Å². The van der Waals surface area contributed by atoms with Crippen molar-refractivity contribution in [3.8, 4) is 33.9 Å². The number of hydrogen-bond donors (Lipinski definition) is 3. The van der Waals surface area contributed by atoms with Crippen molar-refractivity contribution in [2.24, 2.45) is 5.73 Å². The van der Waals surface area contributed by atoms with Crippen molar-refractivity contribution >= 4 is 27.8 Å². The van der Waals surface area contributed by atoms with Gasteiger partial charge in [-0.25, -0.2) is 14.4 Å². The van der Waals surface area contributed by atoms with Gasteiger partial charge >= 0.3 is 0 Å². The molecule has 0 saturated carbocycles. The highest BCUT2D eigenvalue weighted by Gasteiger charge is 2.25. The first-order valence-electron chi connectivity index (χ1n) is 11.5. The van der Waals surface area contributed by atoms with Gasteiger partial charge in [-0.2, -0.15) is 5.10 Å². The average molecular weight is 478 g/mol. The number of aromatic nitrogens is 7. The minimum absolute atomic E-state index is 0.174. The smallest absolute Gasteiger partial charge is 0.147 e. The number of pyridine rings is 2. The van der Waals surface area contributed by atoms with Gasteiger partial charge in [0.25, 0.3) is 0 Å². The molecule has 7 rings (SSSR count). The van der Waals surface area contributed by atoms with Crippen molar-refractivity contribution in [3.63, 3.8) is 0 Å². The molecule has 0 radical (unpaired) electrons. The van der Waals surface area contributed by atoms with Crippen LogP contribution in [0.5, 0.6) is 0 Å². The number of fused-ring (bicyclic) bond motifs is 2. The van der Waals surface area contributed by atoms with Crippen LogP contribution >= 0.6 is 0 Å². The molecule has 1 aliphatic heterocycles. The second-order valence-electron chi connectivity index (χ2n) is 8.93. The summed E-state index contributed by atoms with van der Waals surface area (Å²) in [6.07, 6.45) is 6.94. The van der Waals surface area contributed by atoms with E-state index in [1.807, 2.05) is 18.2 Å². The molecule has 36 heavy (non-hydrogen) atoms. The van der Waals surface area contributed by atoms with E-state index >= 15 is 0 Å². The summed E-state index contributed by atoms with van der Waals surface area (Å²) < 4.78 is 13.5. The highest BCUT2D eigenvalue weighted by molar-refractivity contribution is 6.00. The maximum Gasteiger partial charge on any atom is 0.147 e. The van der Waals surface area contributed by atoms with Crippen LogP contribution in [0.2, 0.25) is 0 Å². The monoisotopic (exact) mass is 477 g/mol. The van der Waals surface area contributed by atoms with Gasteiger partial charge in [-0.3, -0.25) is 15.1 Å². The van der Waals surface area contributed by atoms with E-state index in [1.165, 1.54) is 12.1 Å². The van der Waals surface area contributed by atoms with Gasteiger partial charge in [0.2, 0.25) is 0 Å². The summed E-state index contributed by atoms with van der Waals surface area (Å²) in [7, 11) is 0. The second kappa shape index (κ2) is 7.92. The van der Waals surface area contributed by atoms with Gasteiger partial charge in [-0.1, -0.05) is 12.1 Å². The number of anilines is 1. The summed E-state index contributed by atoms with van der Waals surface area (Å²) in [4.78, 5) is 23.7. The van der Waals surface area contributed by atoms with Gasteiger partial charge < -0.3 is 15.6 Å². The van der Waals surface area contributed by atoms with E-state index in [0.29, 0.717) is 11.4 Å². The molecule has 4 N–H and O–H groups in total. The molecule has 1 aliphatic rings. The quantitative estimate of drug-likeness (QED) is 0.351. The van der Waals surface area contributed by atoms with E-state index in [1.54, 1.807) is 36.9 Å². The molecular formula is C26H20FN9. The number of nitrogens with zero attached hydrogens (tertiary/aromatic N) is 6. The summed E-state index contributed by atoms with van der Waals surface area (Å²) in [5.74, 6) is 0.522. The third-order valence-electron chi connectivity index (χ3n) is 6.51. The zero-order valence-electron chi connectivity index (χ0n) is 19.0. The molecule has 0 spiro atoms. The Bertz CT molecular complexity index is 1730. The molecule has 6 heterocycles. The Hall–Kier alpha value is -4.70. The van der Waals surface area contributed by atoms with Crippen LogP contribution in [0.1, 0.15) is 0 Å². The SMILES string of the molecule is NC1CN(c2cncc(-c3cc4c(-c5cc6c(-c7ccc(F)cc7)ccnc6[nH]5)n[nH]c4cn3)n2)C1. The lowest BCUT2D eigenvalue weighted by molar-refractivity contribution is 0.514. The van der Waals surface area contributed by atoms with Gasteiger partial charge in [0.1, 0.15) is 28.7 Å². The fraction of sp³-hybridized carbons (Fsp3) is 0.115. The van der Waals surface area contributed by atoms with E-state index in [2.05, 4.69) is 35.0 Å². The van der Waals surface area contributed by atoms with Crippen molar-refractivity contribution < 1.29 is 4.39 Å². The van der Waals surface area contributed by atoms with Crippen LogP contribution in [0.25, 0.3) is 55.8 Å². The minimum Gasteiger partial charge on any atom is -0.352 e. The Balaban J connectivity index is 1.30. The molecule has 0 atom stereocenters. The van der Waals surface area contributed by atoms with Gasteiger partial charge in [-0.15, -0.1) is 0 Å². The standard InChI is InChI=1S/C26H20FN9/c27-15-3-1-14(2-4-15)17-5-6-30-26-18(17)7-21(33-26)25-19-8-20(31-10-22(19)34-35-25)23-9-29-11-24(32-23)36-12-16(28)13-36/h1-11,16H,12-13,28H2,(H,30,33)(H,34,35). The molecule has 0 amide bonds. The summed E-state index contributed by atoms with van der Waals surface area (Å²) in [6, 6.07) is 12.5. The number of aromatic amines is 2. The zero-order chi connectivity index (χ0) is 24.2. The lowest BCUT2D eigenvalue weighted by atomic mass is 10.0. The van der Waals surface area contributed by atoms with Crippen molar-refractivity contribution in [1.82, 2.24) is 35.1 Å². The molecule has 10 heteroatoms. The normalized spacial score (nSPS) is 14.0. The van der Waals surface area contributed by atoms with E-state index in [0.717, 1.165) is 63.4 Å². The fourth-order valence-electron chi connectivity index (χ4n) is 4.63. The molecule has 0 unspecified atom stereocenters. The maximum atomic E-state index is 13.5. The van der Waals surface area contributed by atoms with Crippen LogP contribution < -0.4 is 10.6 Å². The van der Waals surface area contributed by atoms with E-state index in [9.17, 15) is 4.39 Å². The summed E-state index contributed by atoms with van der Waals surface area (Å²) in [5, 5.41) is 9.44. The largest absolute Gasteiger partial charge is 0.352 e. The molecule has 5 aromatic heterocycles. The predicted molar refractivity (Wildman–Crippen MR) is 136 cm³/mol. The first kappa shape index (κ1) is 20.7. The summed E-state index contributed by atoms with van der Waals surface area (Å²) in [6.45, 7) is 1.54. The molecule has 9 nitrogen and oxygen atoms in total. The predicted octanol–water partition coefficient (Wildman–Crippen LogP) is 3.91. The number of rotatable bonds is 4. The van der Waals surface area contributed by atoms with Crippen LogP contribution in [0, 0.1) is 5.82 Å². The van der Waals surface area contributed by atoms with E-state index in [-0.39, 0.29) is 11.9 Å². The molecule has 1 fully saturated rings. The molecule has 1 saturated heterocycles. The molecule has 6 aromatic rings. The number of nitrogens with one attached hydrogen (secondary N) is 2. The van der Waals surface area contributed by atoms with Crippen LogP contribution in [-0.2, 0) is 0 Å². The number of nitrogens with two attached hydrogens (primary N) is 1. The third-order valence-corrected chi connectivity index (χ3v) is 6.51. The summed E-state index contributed by atoms with van der Waals surface area (Å²) in [5.41, 5.74) is 12.3. The second-order valence-corrected chi connectivity index (χ2v) is 8.93. The van der Waals surface area contributed by atoms with Gasteiger partial charge in [0.05, 0.1) is 35.5 Å². The van der Waals surface area contributed by atoms with E-state index < -0.39 is 0 Å². The first-order valence-corrected chi connectivity index (χ1v) is 11.5. The van der Waals surface area contributed by atoms with Crippen molar-refractivity contribution in [2.75, 3.05) is 18.0 Å². The van der Waals surface area contributed by atoms with Crippen LogP contribution in [0.3, 0.4) is 0 Å². The van der Waals surface area contributed by atoms with Crippen LogP contribution in [0.15, 0.2) is 67.3 Å². The Morgan fingerprint density at radius 2 is 1.81 bits per heavy atom. The molecule has 1 aromatic carbocycles. The highest BCUT2D eigenvalue weighted by Crippen LogP contribution is 2.34. The number of hydrogen-bond acceptors (Lipinski definition) is 7. The minimum atomic E-state index is -0.269. The molecule has 176 valence electrons. The third kappa shape index (κ3) is 3.38. The summed E-state index contributed by atoms with van der Waals surface area (Å²) >= 11 is 0. The topological polar surface area (TPSA) is 125 Å².